The summed E-state index contributed by atoms with van der Waals surface area (Å²) in [5.41, 5.74) is 0. The van der Waals surface area contributed by atoms with Crippen LogP contribution in [0.1, 0.15) is 12.7 Å². The molecule has 1 heterocycles. The number of alkyl halides is 1. The summed E-state index contributed by atoms with van der Waals surface area (Å²) in [6.45, 7) is 1.54. The molecule has 7 nitrogen and oxygen atoms in total. The van der Waals surface area contributed by atoms with Gasteiger partial charge < -0.3 is 9.84 Å². The maximum atomic E-state index is 11.1. The Bertz CT molecular complexity index is 338. The number of carbonyl (C=O) groups excluding carboxylic acids is 2. The zero-order valence-electron chi connectivity index (χ0n) is 7.86. The summed E-state index contributed by atoms with van der Waals surface area (Å²) in [6.07, 6.45) is 1.14. The Morgan fingerprint density at radius 2 is 2.40 bits per heavy atom. The molecule has 2 N–H and O–H groups in total. The van der Waals surface area contributed by atoms with Crippen molar-refractivity contribution in [3.63, 3.8) is 0 Å². The van der Waals surface area contributed by atoms with Crippen molar-refractivity contribution in [1.29, 1.82) is 0 Å². The van der Waals surface area contributed by atoms with E-state index in [4.69, 9.17) is 11.6 Å². The van der Waals surface area contributed by atoms with Crippen molar-refractivity contribution in [2.45, 2.75) is 18.8 Å². The van der Waals surface area contributed by atoms with Gasteiger partial charge in [0.2, 0.25) is 12.3 Å². The number of imide groups is 1. The van der Waals surface area contributed by atoms with Gasteiger partial charge in [0.05, 0.1) is 6.54 Å². The minimum atomic E-state index is -0.763. The second kappa shape index (κ2) is 5.30. The van der Waals surface area contributed by atoms with Crippen molar-refractivity contribution in [3.05, 3.63) is 12.2 Å². The van der Waals surface area contributed by atoms with Crippen LogP contribution in [0.25, 0.3) is 0 Å². The first-order valence-electron chi connectivity index (χ1n) is 4.07. The first-order valence-corrected chi connectivity index (χ1v) is 4.51. The SMILES string of the molecule is CC(Cl)C(=O)NC(=O)NCc1ncon1. The van der Waals surface area contributed by atoms with Gasteiger partial charge in [-0.1, -0.05) is 5.16 Å². The van der Waals surface area contributed by atoms with Crippen LogP contribution in [0.3, 0.4) is 0 Å². The Balaban J connectivity index is 2.28. The third kappa shape index (κ3) is 3.94. The second-order valence-electron chi connectivity index (χ2n) is 2.64. The normalized spacial score (nSPS) is 11.9. The zero-order valence-corrected chi connectivity index (χ0v) is 8.61. The van der Waals surface area contributed by atoms with E-state index in [0.29, 0.717) is 5.82 Å². The summed E-state index contributed by atoms with van der Waals surface area (Å²) in [7, 11) is 0. The fraction of sp³-hybridized carbons (Fsp3) is 0.429. The summed E-state index contributed by atoms with van der Waals surface area (Å²) >= 11 is 5.44. The van der Waals surface area contributed by atoms with E-state index in [0.717, 1.165) is 6.39 Å². The molecule has 0 saturated heterocycles. The average Bonchev–Trinajstić information content (AvgIpc) is 2.66. The van der Waals surface area contributed by atoms with Crippen LogP contribution in [0.5, 0.6) is 0 Å². The highest BCUT2D eigenvalue weighted by atomic mass is 35.5. The third-order valence-corrected chi connectivity index (χ3v) is 1.61. The van der Waals surface area contributed by atoms with Crippen LogP contribution in [0.2, 0.25) is 0 Å². The van der Waals surface area contributed by atoms with Gasteiger partial charge in [-0.15, -0.1) is 11.6 Å². The van der Waals surface area contributed by atoms with Crippen LogP contribution >= 0.6 is 11.6 Å². The molecular weight excluding hydrogens is 224 g/mol. The number of nitrogens with one attached hydrogen (secondary N) is 2. The summed E-state index contributed by atoms with van der Waals surface area (Å²) < 4.78 is 4.45. The highest BCUT2D eigenvalue weighted by Crippen LogP contribution is 1.92. The largest absolute Gasteiger partial charge is 0.343 e. The molecule has 1 rings (SSSR count). The summed E-state index contributed by atoms with van der Waals surface area (Å²) in [4.78, 5) is 25.7. The van der Waals surface area contributed by atoms with Crippen molar-refractivity contribution >= 4 is 23.5 Å². The van der Waals surface area contributed by atoms with Crippen molar-refractivity contribution in [1.82, 2.24) is 20.8 Å². The number of aromatic nitrogens is 2. The number of halogens is 1. The van der Waals surface area contributed by atoms with Crippen molar-refractivity contribution < 1.29 is 14.1 Å². The van der Waals surface area contributed by atoms with E-state index in [1.807, 2.05) is 5.32 Å². The molecule has 0 radical (unpaired) electrons. The number of hydrogen-bond acceptors (Lipinski definition) is 5. The maximum absolute atomic E-state index is 11.1. The molecule has 15 heavy (non-hydrogen) atoms. The van der Waals surface area contributed by atoms with E-state index in [1.54, 1.807) is 0 Å². The standard InChI is InChI=1S/C7H9ClN4O3/c1-4(8)6(13)11-7(14)9-2-5-10-3-15-12-5/h3-4H,2H2,1H3,(H2,9,11,13,14). The summed E-state index contributed by atoms with van der Waals surface area (Å²) in [6, 6.07) is -0.655. The Morgan fingerprint density at radius 3 is 2.93 bits per heavy atom. The summed E-state index contributed by atoms with van der Waals surface area (Å²) in [5, 5.41) is 7.09. The molecule has 0 aliphatic rings. The minimum absolute atomic E-state index is 0.0757. The Labute approximate surface area is 90.2 Å². The van der Waals surface area contributed by atoms with Gasteiger partial charge in [-0.2, -0.15) is 4.98 Å². The van der Waals surface area contributed by atoms with E-state index >= 15 is 0 Å². The molecule has 1 unspecified atom stereocenters. The van der Waals surface area contributed by atoms with Crippen LogP contribution in [-0.4, -0.2) is 27.5 Å². The van der Waals surface area contributed by atoms with Crippen molar-refractivity contribution in [2.24, 2.45) is 0 Å². The predicted octanol–water partition coefficient (Wildman–Crippen LogP) is 0.0227. The molecule has 0 bridgehead atoms. The van der Waals surface area contributed by atoms with E-state index in [2.05, 4.69) is 20.0 Å². The molecule has 1 aromatic rings. The van der Waals surface area contributed by atoms with Crippen LogP contribution in [0.4, 0.5) is 4.79 Å². The number of urea groups is 1. The topological polar surface area (TPSA) is 97.1 Å². The predicted molar refractivity (Wildman–Crippen MR) is 50.0 cm³/mol. The van der Waals surface area contributed by atoms with Gasteiger partial charge in [-0.25, -0.2) is 4.79 Å². The molecule has 0 aromatic carbocycles. The first kappa shape index (κ1) is 11.4. The van der Waals surface area contributed by atoms with Gasteiger partial charge in [0.1, 0.15) is 5.38 Å². The number of hydrogen-bond donors (Lipinski definition) is 2. The lowest BCUT2D eigenvalue weighted by Gasteiger charge is -2.05. The fourth-order valence-electron chi connectivity index (χ4n) is 0.685. The molecule has 0 spiro atoms. The summed E-state index contributed by atoms with van der Waals surface area (Å²) in [5.74, 6) is -0.251. The van der Waals surface area contributed by atoms with E-state index in [1.165, 1.54) is 6.92 Å². The van der Waals surface area contributed by atoms with Crippen LogP contribution in [0, 0.1) is 0 Å². The number of nitrogens with zero attached hydrogens (tertiary/aromatic N) is 2. The lowest BCUT2D eigenvalue weighted by Crippen LogP contribution is -2.42. The van der Waals surface area contributed by atoms with Crippen molar-refractivity contribution in [2.75, 3.05) is 0 Å². The highest BCUT2D eigenvalue weighted by molar-refractivity contribution is 6.31. The molecule has 1 atom stereocenters. The molecule has 8 heteroatoms. The second-order valence-corrected chi connectivity index (χ2v) is 3.29. The van der Waals surface area contributed by atoms with Crippen LogP contribution in [0.15, 0.2) is 10.9 Å². The molecule has 0 fully saturated rings. The first-order chi connectivity index (χ1) is 7.09. The quantitative estimate of drug-likeness (QED) is 0.717. The minimum Gasteiger partial charge on any atom is -0.343 e. The molecule has 0 aliphatic heterocycles. The molecule has 3 amide bonds. The smallest absolute Gasteiger partial charge is 0.321 e. The Kier molecular flexibility index (Phi) is 4.04. The lowest BCUT2D eigenvalue weighted by molar-refractivity contribution is -0.119. The average molecular weight is 233 g/mol. The molecular formula is C7H9ClN4O3. The van der Waals surface area contributed by atoms with Gasteiger partial charge in [0.25, 0.3) is 0 Å². The number of rotatable bonds is 3. The lowest BCUT2D eigenvalue weighted by atomic mass is 10.4. The van der Waals surface area contributed by atoms with E-state index < -0.39 is 17.3 Å². The third-order valence-electron chi connectivity index (χ3n) is 1.41. The highest BCUT2D eigenvalue weighted by Gasteiger charge is 2.12. The van der Waals surface area contributed by atoms with E-state index in [9.17, 15) is 9.59 Å². The van der Waals surface area contributed by atoms with Gasteiger partial charge in [-0.05, 0) is 6.92 Å². The monoisotopic (exact) mass is 232 g/mol. The van der Waals surface area contributed by atoms with Gasteiger partial charge >= 0.3 is 6.03 Å². The number of carbonyl (C=O) groups is 2. The molecule has 0 aliphatic carbocycles. The Morgan fingerprint density at radius 1 is 1.67 bits per heavy atom. The van der Waals surface area contributed by atoms with Gasteiger partial charge in [0.15, 0.2) is 5.82 Å². The van der Waals surface area contributed by atoms with Gasteiger partial charge in [0, 0.05) is 0 Å². The Hall–Kier alpha value is -1.63. The van der Waals surface area contributed by atoms with Crippen LogP contribution in [-0.2, 0) is 11.3 Å². The van der Waals surface area contributed by atoms with E-state index in [-0.39, 0.29) is 6.54 Å². The zero-order chi connectivity index (χ0) is 11.3. The molecule has 82 valence electrons. The fourth-order valence-corrected chi connectivity index (χ4v) is 0.740. The maximum Gasteiger partial charge on any atom is 0.321 e. The molecule has 1 aromatic heterocycles. The van der Waals surface area contributed by atoms with Crippen LogP contribution < -0.4 is 10.6 Å². The van der Waals surface area contributed by atoms with Crippen molar-refractivity contribution in [3.8, 4) is 0 Å². The molecule has 0 saturated carbocycles. The van der Waals surface area contributed by atoms with Gasteiger partial charge in [-0.3, -0.25) is 10.1 Å². The number of amides is 3.